The number of esters is 1. The van der Waals surface area contributed by atoms with E-state index in [2.05, 4.69) is 10.6 Å². The molecule has 7 nitrogen and oxygen atoms in total. The van der Waals surface area contributed by atoms with Crippen LogP contribution < -0.4 is 10.6 Å². The number of rotatable bonds is 12. The van der Waals surface area contributed by atoms with E-state index in [-0.39, 0.29) is 25.4 Å². The van der Waals surface area contributed by atoms with Crippen LogP contribution in [0.15, 0.2) is 48.5 Å². The van der Waals surface area contributed by atoms with E-state index < -0.39 is 18.1 Å². The minimum absolute atomic E-state index is 0.131. The first-order valence-electron chi connectivity index (χ1n) is 10.7. The number of unbranched alkanes of at least 4 members (excludes halogenated alkanes) is 2. The van der Waals surface area contributed by atoms with Gasteiger partial charge in [-0.05, 0) is 36.1 Å². The Morgan fingerprint density at radius 3 is 2.30 bits per heavy atom. The molecule has 0 saturated carbocycles. The average Bonchev–Trinajstić information content (AvgIpc) is 2.81. The number of carbonyl (C=O) groups excluding carboxylic acids is 3. The van der Waals surface area contributed by atoms with Gasteiger partial charge >= 0.3 is 12.1 Å². The van der Waals surface area contributed by atoms with Crippen molar-refractivity contribution in [2.75, 3.05) is 13.7 Å². The van der Waals surface area contributed by atoms with E-state index in [9.17, 15) is 14.4 Å². The van der Waals surface area contributed by atoms with Gasteiger partial charge in [-0.1, -0.05) is 66.0 Å². The maximum atomic E-state index is 12.3. The van der Waals surface area contributed by atoms with Gasteiger partial charge in [0.15, 0.2) is 0 Å². The predicted octanol–water partition coefficient (Wildman–Crippen LogP) is 4.68. The predicted molar refractivity (Wildman–Crippen MR) is 127 cm³/mol. The molecular weight excluding hydrogens is 467 g/mol. The van der Waals surface area contributed by atoms with E-state index in [4.69, 9.17) is 32.7 Å². The molecule has 2 aromatic rings. The Hall–Kier alpha value is -2.77. The number of hydrogen-bond donors (Lipinski definition) is 2. The lowest BCUT2D eigenvalue weighted by molar-refractivity contribution is -0.145. The Balaban J connectivity index is 1.66. The number of carbonyl (C=O) groups is 3. The van der Waals surface area contributed by atoms with Crippen molar-refractivity contribution in [2.45, 2.75) is 44.8 Å². The lowest BCUT2D eigenvalue weighted by atomic mass is 10.1. The highest BCUT2D eigenvalue weighted by atomic mass is 35.5. The Bertz CT molecular complexity index is 904. The summed E-state index contributed by atoms with van der Waals surface area (Å²) in [6.45, 7) is 0.665. The second kappa shape index (κ2) is 14.4. The van der Waals surface area contributed by atoms with Crippen molar-refractivity contribution in [3.05, 3.63) is 69.7 Å². The monoisotopic (exact) mass is 494 g/mol. The van der Waals surface area contributed by atoms with Crippen molar-refractivity contribution in [2.24, 2.45) is 0 Å². The summed E-state index contributed by atoms with van der Waals surface area (Å²) in [5.41, 5.74) is 1.49. The molecule has 0 spiro atoms. The maximum Gasteiger partial charge on any atom is 0.407 e. The quantitative estimate of drug-likeness (QED) is 0.330. The van der Waals surface area contributed by atoms with Crippen LogP contribution in [0.4, 0.5) is 4.79 Å². The number of amides is 2. The number of alkyl carbamates (subject to hydrolysis) is 1. The molecular formula is C24H28Cl2N2O5. The van der Waals surface area contributed by atoms with Crippen molar-refractivity contribution in [3.63, 3.8) is 0 Å². The van der Waals surface area contributed by atoms with E-state index in [1.54, 1.807) is 18.2 Å². The third kappa shape index (κ3) is 9.72. The Morgan fingerprint density at radius 1 is 0.939 bits per heavy atom. The topological polar surface area (TPSA) is 93.7 Å². The lowest BCUT2D eigenvalue weighted by Gasteiger charge is -2.18. The minimum Gasteiger partial charge on any atom is -0.467 e. The Kier molecular flexibility index (Phi) is 11.6. The number of halogens is 2. The van der Waals surface area contributed by atoms with Crippen LogP contribution in [0.5, 0.6) is 0 Å². The van der Waals surface area contributed by atoms with Crippen molar-refractivity contribution < 1.29 is 23.9 Å². The molecule has 0 radical (unpaired) electrons. The molecule has 2 rings (SSSR count). The zero-order valence-corrected chi connectivity index (χ0v) is 20.0. The Morgan fingerprint density at radius 2 is 1.64 bits per heavy atom. The van der Waals surface area contributed by atoms with Crippen LogP contribution in [0, 0.1) is 0 Å². The summed E-state index contributed by atoms with van der Waals surface area (Å²) in [6.07, 6.45) is 1.92. The van der Waals surface area contributed by atoms with E-state index in [0.29, 0.717) is 35.0 Å². The summed E-state index contributed by atoms with van der Waals surface area (Å²) in [5, 5.41) is 6.21. The molecule has 0 bridgehead atoms. The van der Waals surface area contributed by atoms with Gasteiger partial charge in [0.2, 0.25) is 5.91 Å². The van der Waals surface area contributed by atoms with Gasteiger partial charge in [-0.2, -0.15) is 0 Å². The summed E-state index contributed by atoms with van der Waals surface area (Å²) >= 11 is 12.4. The van der Waals surface area contributed by atoms with E-state index >= 15 is 0 Å². The van der Waals surface area contributed by atoms with Gasteiger partial charge in [0.05, 0.1) is 7.11 Å². The van der Waals surface area contributed by atoms with Crippen molar-refractivity contribution in [3.8, 4) is 0 Å². The highest BCUT2D eigenvalue weighted by molar-refractivity contribution is 6.36. The maximum absolute atomic E-state index is 12.3. The van der Waals surface area contributed by atoms with Crippen molar-refractivity contribution >= 4 is 41.2 Å². The number of methoxy groups -OCH3 is 1. The molecule has 0 aliphatic heterocycles. The summed E-state index contributed by atoms with van der Waals surface area (Å²) in [4.78, 5) is 36.2. The summed E-state index contributed by atoms with van der Waals surface area (Å²) in [7, 11) is 1.26. The fraction of sp³-hybridized carbons (Fsp3) is 0.375. The van der Waals surface area contributed by atoms with Gasteiger partial charge in [-0.25, -0.2) is 9.59 Å². The highest BCUT2D eigenvalue weighted by Crippen LogP contribution is 2.25. The molecule has 9 heteroatoms. The molecule has 178 valence electrons. The second-order valence-electron chi connectivity index (χ2n) is 7.35. The van der Waals surface area contributed by atoms with Gasteiger partial charge in [0, 0.05) is 29.4 Å². The van der Waals surface area contributed by atoms with Gasteiger partial charge in [0.25, 0.3) is 0 Å². The molecule has 0 fully saturated rings. The largest absolute Gasteiger partial charge is 0.467 e. The van der Waals surface area contributed by atoms with Crippen molar-refractivity contribution in [1.29, 1.82) is 0 Å². The third-order valence-corrected chi connectivity index (χ3v) is 5.56. The summed E-state index contributed by atoms with van der Waals surface area (Å²) in [5.74, 6) is -0.846. The molecule has 0 aromatic heterocycles. The SMILES string of the molecule is COC(=O)[C@@H](Cc1c(Cl)cccc1Cl)NC(=O)CCCCCNC(=O)OCc1ccccc1. The molecule has 0 aliphatic rings. The van der Waals surface area contributed by atoms with Crippen LogP contribution in [0.25, 0.3) is 0 Å². The van der Waals surface area contributed by atoms with Gasteiger partial charge < -0.3 is 20.1 Å². The van der Waals surface area contributed by atoms with E-state index in [1.807, 2.05) is 30.3 Å². The molecule has 2 amide bonds. The van der Waals surface area contributed by atoms with Crippen LogP contribution in [0.2, 0.25) is 10.0 Å². The fourth-order valence-electron chi connectivity index (χ4n) is 3.09. The van der Waals surface area contributed by atoms with Crippen LogP contribution in [-0.4, -0.2) is 37.7 Å². The van der Waals surface area contributed by atoms with Gasteiger partial charge in [-0.15, -0.1) is 0 Å². The summed E-state index contributed by atoms with van der Waals surface area (Å²) < 4.78 is 9.94. The summed E-state index contributed by atoms with van der Waals surface area (Å²) in [6, 6.07) is 13.6. The first-order chi connectivity index (χ1) is 15.9. The first kappa shape index (κ1) is 26.5. The van der Waals surface area contributed by atoms with E-state index in [1.165, 1.54) is 7.11 Å². The molecule has 0 saturated heterocycles. The van der Waals surface area contributed by atoms with E-state index in [0.717, 1.165) is 12.0 Å². The number of nitrogens with one attached hydrogen (secondary N) is 2. The molecule has 1 atom stereocenters. The minimum atomic E-state index is -0.888. The Labute approximate surface area is 203 Å². The van der Waals surface area contributed by atoms with Crippen LogP contribution in [0.3, 0.4) is 0 Å². The molecule has 0 unspecified atom stereocenters. The number of ether oxygens (including phenoxy) is 2. The van der Waals surface area contributed by atoms with Crippen LogP contribution in [0.1, 0.15) is 36.8 Å². The van der Waals surface area contributed by atoms with Crippen LogP contribution in [-0.2, 0) is 32.1 Å². The lowest BCUT2D eigenvalue weighted by Crippen LogP contribution is -2.43. The third-order valence-electron chi connectivity index (χ3n) is 4.85. The number of benzene rings is 2. The van der Waals surface area contributed by atoms with Gasteiger partial charge in [-0.3, -0.25) is 4.79 Å². The van der Waals surface area contributed by atoms with Gasteiger partial charge in [0.1, 0.15) is 12.6 Å². The normalized spacial score (nSPS) is 11.4. The molecule has 2 N–H and O–H groups in total. The molecule has 0 aliphatic carbocycles. The fourth-order valence-corrected chi connectivity index (χ4v) is 3.64. The number of hydrogen-bond acceptors (Lipinski definition) is 5. The first-order valence-corrected chi connectivity index (χ1v) is 11.4. The average molecular weight is 495 g/mol. The van der Waals surface area contributed by atoms with Crippen molar-refractivity contribution in [1.82, 2.24) is 10.6 Å². The zero-order valence-electron chi connectivity index (χ0n) is 18.4. The second-order valence-corrected chi connectivity index (χ2v) is 8.16. The zero-order chi connectivity index (χ0) is 24.1. The highest BCUT2D eigenvalue weighted by Gasteiger charge is 2.24. The van der Waals surface area contributed by atoms with Crippen LogP contribution >= 0.6 is 23.2 Å². The molecule has 2 aromatic carbocycles. The molecule has 33 heavy (non-hydrogen) atoms. The molecule has 0 heterocycles. The smallest absolute Gasteiger partial charge is 0.407 e. The standard InChI is InChI=1S/C24H28Cl2N2O5/c1-32-23(30)21(15-18-19(25)11-8-12-20(18)26)28-22(29)13-6-3-7-14-27-24(31)33-16-17-9-4-2-5-10-17/h2,4-5,8-12,21H,3,6-7,13-16H2,1H3,(H,27,31)(H,28,29)/t21-/m1/s1.